The monoisotopic (exact) mass is 206 g/mol. The zero-order valence-corrected chi connectivity index (χ0v) is 8.82. The molecule has 1 aliphatic rings. The molecule has 0 unspecified atom stereocenters. The number of rotatable bonds is 3. The van der Waals surface area contributed by atoms with E-state index in [1.165, 1.54) is 7.11 Å². The summed E-state index contributed by atoms with van der Waals surface area (Å²) < 4.78 is 10.3. The van der Waals surface area contributed by atoms with Gasteiger partial charge in [0, 0.05) is 19.6 Å². The fourth-order valence-corrected chi connectivity index (χ4v) is 1.65. The van der Waals surface area contributed by atoms with Crippen molar-refractivity contribution in [3.05, 3.63) is 11.3 Å². The number of nitrogens with zero attached hydrogens (tertiary/aromatic N) is 2. The molecule has 0 radical (unpaired) electrons. The van der Waals surface area contributed by atoms with Gasteiger partial charge in [-0.3, -0.25) is 0 Å². The first-order chi connectivity index (χ1) is 7.31. The molecule has 4 heteroatoms. The molecule has 1 rings (SSSR count). The number of ether oxygens (including phenoxy) is 2. The van der Waals surface area contributed by atoms with Crippen LogP contribution in [0.25, 0.3) is 0 Å². The van der Waals surface area contributed by atoms with Gasteiger partial charge in [0.05, 0.1) is 7.11 Å². The second-order valence-electron chi connectivity index (χ2n) is 3.49. The molecular formula is C11H14N2O2. The van der Waals surface area contributed by atoms with Gasteiger partial charge in [0.15, 0.2) is 5.57 Å². The minimum atomic E-state index is 0.0870. The fourth-order valence-electron chi connectivity index (χ4n) is 1.65. The Morgan fingerprint density at radius 2 is 1.93 bits per heavy atom. The van der Waals surface area contributed by atoms with Crippen LogP contribution in [-0.4, -0.2) is 20.3 Å². The smallest absolute Gasteiger partial charge is 0.167 e. The van der Waals surface area contributed by atoms with Crippen molar-refractivity contribution in [2.75, 3.05) is 20.3 Å². The second-order valence-corrected chi connectivity index (χ2v) is 3.49. The van der Waals surface area contributed by atoms with E-state index in [0.29, 0.717) is 18.1 Å². The molecule has 1 heterocycles. The van der Waals surface area contributed by atoms with Crippen LogP contribution in [0.15, 0.2) is 11.3 Å². The summed E-state index contributed by atoms with van der Waals surface area (Å²) in [4.78, 5) is 0. The molecule has 0 N–H and O–H groups in total. The summed E-state index contributed by atoms with van der Waals surface area (Å²) in [5.74, 6) is 0.970. The largest absolute Gasteiger partial charge is 0.499 e. The van der Waals surface area contributed by atoms with E-state index in [1.807, 2.05) is 12.1 Å². The first kappa shape index (κ1) is 11.6. The first-order valence-electron chi connectivity index (χ1n) is 4.97. The summed E-state index contributed by atoms with van der Waals surface area (Å²) in [5.41, 5.74) is 0.0870. The van der Waals surface area contributed by atoms with Crippen molar-refractivity contribution >= 4 is 0 Å². The molecule has 0 spiro atoms. The molecule has 0 aromatic rings. The third-order valence-corrected chi connectivity index (χ3v) is 2.56. The Morgan fingerprint density at radius 1 is 1.33 bits per heavy atom. The average Bonchev–Trinajstić information content (AvgIpc) is 2.30. The highest BCUT2D eigenvalue weighted by atomic mass is 16.5. The Labute approximate surface area is 89.7 Å². The van der Waals surface area contributed by atoms with Gasteiger partial charge < -0.3 is 9.47 Å². The molecule has 0 bridgehead atoms. The molecule has 15 heavy (non-hydrogen) atoms. The Balaban J connectivity index is 2.65. The van der Waals surface area contributed by atoms with Crippen molar-refractivity contribution in [2.45, 2.75) is 19.3 Å². The zero-order chi connectivity index (χ0) is 11.1. The van der Waals surface area contributed by atoms with Crippen molar-refractivity contribution in [3.8, 4) is 12.1 Å². The van der Waals surface area contributed by atoms with Crippen molar-refractivity contribution < 1.29 is 9.47 Å². The highest BCUT2D eigenvalue weighted by molar-refractivity contribution is 5.38. The predicted octanol–water partition coefficient (Wildman–Crippen LogP) is 1.75. The molecule has 1 saturated heterocycles. The van der Waals surface area contributed by atoms with E-state index < -0.39 is 0 Å². The minimum absolute atomic E-state index is 0.0870. The number of methoxy groups -OCH3 is 1. The summed E-state index contributed by atoms with van der Waals surface area (Å²) in [6.07, 6.45) is 2.60. The third-order valence-electron chi connectivity index (χ3n) is 2.56. The molecule has 0 aromatic carbocycles. The lowest BCUT2D eigenvalue weighted by atomic mass is 9.94. The maximum atomic E-state index is 8.72. The highest BCUT2D eigenvalue weighted by Gasteiger charge is 2.18. The van der Waals surface area contributed by atoms with E-state index in [9.17, 15) is 0 Å². The first-order valence-corrected chi connectivity index (χ1v) is 4.97. The summed E-state index contributed by atoms with van der Waals surface area (Å²) in [6, 6.07) is 3.71. The van der Waals surface area contributed by atoms with Crippen LogP contribution in [0.1, 0.15) is 19.3 Å². The van der Waals surface area contributed by atoms with E-state index in [2.05, 4.69) is 0 Å². The van der Waals surface area contributed by atoms with Gasteiger partial charge in [-0.25, -0.2) is 0 Å². The zero-order valence-electron chi connectivity index (χ0n) is 8.82. The molecule has 0 saturated carbocycles. The average molecular weight is 206 g/mol. The molecule has 1 fully saturated rings. The standard InChI is InChI=1S/C11H14N2O2/c1-14-11(10(7-12)8-13)6-9-2-4-15-5-3-9/h9H,2-6H2,1H3. The second kappa shape index (κ2) is 6.06. The molecule has 4 nitrogen and oxygen atoms in total. The maximum Gasteiger partial charge on any atom is 0.167 e. The lowest BCUT2D eigenvalue weighted by molar-refractivity contribution is 0.0619. The van der Waals surface area contributed by atoms with Gasteiger partial charge in [0.2, 0.25) is 0 Å². The Kier molecular flexibility index (Phi) is 4.66. The van der Waals surface area contributed by atoms with Crippen LogP contribution >= 0.6 is 0 Å². The van der Waals surface area contributed by atoms with Crippen molar-refractivity contribution in [3.63, 3.8) is 0 Å². The van der Waals surface area contributed by atoms with Gasteiger partial charge >= 0.3 is 0 Å². The highest BCUT2D eigenvalue weighted by Crippen LogP contribution is 2.24. The predicted molar refractivity (Wildman–Crippen MR) is 53.4 cm³/mol. The van der Waals surface area contributed by atoms with Crippen LogP contribution in [-0.2, 0) is 9.47 Å². The quantitative estimate of drug-likeness (QED) is 0.521. The topological polar surface area (TPSA) is 66.0 Å². The number of hydrogen-bond donors (Lipinski definition) is 0. The van der Waals surface area contributed by atoms with Gasteiger partial charge in [-0.1, -0.05) is 0 Å². The van der Waals surface area contributed by atoms with E-state index >= 15 is 0 Å². The van der Waals surface area contributed by atoms with Crippen LogP contribution in [0.5, 0.6) is 0 Å². The van der Waals surface area contributed by atoms with Gasteiger partial charge in [-0.15, -0.1) is 0 Å². The minimum Gasteiger partial charge on any atom is -0.499 e. The van der Waals surface area contributed by atoms with E-state index in [0.717, 1.165) is 26.1 Å². The normalized spacial score (nSPS) is 16.2. The van der Waals surface area contributed by atoms with Crippen LogP contribution < -0.4 is 0 Å². The van der Waals surface area contributed by atoms with Crippen molar-refractivity contribution in [1.29, 1.82) is 10.5 Å². The van der Waals surface area contributed by atoms with Crippen LogP contribution in [0.2, 0.25) is 0 Å². The summed E-state index contributed by atoms with van der Waals surface area (Å²) in [7, 11) is 1.50. The van der Waals surface area contributed by atoms with Gasteiger partial charge in [-0.2, -0.15) is 10.5 Å². The van der Waals surface area contributed by atoms with E-state index in [-0.39, 0.29) is 5.57 Å². The Morgan fingerprint density at radius 3 is 2.40 bits per heavy atom. The summed E-state index contributed by atoms with van der Waals surface area (Å²) >= 11 is 0. The number of allylic oxidation sites excluding steroid dienone is 2. The third kappa shape index (κ3) is 3.27. The summed E-state index contributed by atoms with van der Waals surface area (Å²) in [6.45, 7) is 1.52. The molecule has 1 aliphatic heterocycles. The molecular weight excluding hydrogens is 192 g/mol. The number of nitriles is 2. The summed E-state index contributed by atoms with van der Waals surface area (Å²) in [5, 5.41) is 17.4. The van der Waals surface area contributed by atoms with Crippen LogP contribution in [0.4, 0.5) is 0 Å². The maximum absolute atomic E-state index is 8.72. The van der Waals surface area contributed by atoms with E-state index in [4.69, 9.17) is 20.0 Å². The fraction of sp³-hybridized carbons (Fsp3) is 0.636. The Hall–Kier alpha value is -1.52. The van der Waals surface area contributed by atoms with Crippen LogP contribution in [0, 0.1) is 28.6 Å². The van der Waals surface area contributed by atoms with Crippen molar-refractivity contribution in [2.24, 2.45) is 5.92 Å². The van der Waals surface area contributed by atoms with Gasteiger partial charge in [0.25, 0.3) is 0 Å². The lowest BCUT2D eigenvalue weighted by Gasteiger charge is -2.22. The molecule has 0 aliphatic carbocycles. The van der Waals surface area contributed by atoms with Crippen molar-refractivity contribution in [1.82, 2.24) is 0 Å². The number of hydrogen-bond acceptors (Lipinski definition) is 4. The Bertz CT molecular complexity index is 300. The molecule has 80 valence electrons. The molecule has 0 aromatic heterocycles. The van der Waals surface area contributed by atoms with Gasteiger partial charge in [-0.05, 0) is 18.8 Å². The lowest BCUT2D eigenvalue weighted by Crippen LogP contribution is -2.16. The van der Waals surface area contributed by atoms with Crippen LogP contribution in [0.3, 0.4) is 0 Å². The van der Waals surface area contributed by atoms with Gasteiger partial charge in [0.1, 0.15) is 17.9 Å². The SMILES string of the molecule is COC(CC1CCOCC1)=C(C#N)C#N. The molecule has 0 atom stereocenters. The van der Waals surface area contributed by atoms with E-state index in [1.54, 1.807) is 0 Å². The molecule has 0 amide bonds.